The molecule has 0 spiro atoms. The van der Waals surface area contributed by atoms with Crippen LogP contribution in [0.4, 0.5) is 4.39 Å². The number of amides is 1. The molecule has 2 aromatic rings. The zero-order valence-electron chi connectivity index (χ0n) is 14.3. The van der Waals surface area contributed by atoms with Crippen LogP contribution in [0.5, 0.6) is 0 Å². The highest BCUT2D eigenvalue weighted by Crippen LogP contribution is 2.51. The Bertz CT molecular complexity index is 1020. The molecule has 0 bridgehead atoms. The summed E-state index contributed by atoms with van der Waals surface area (Å²) >= 11 is 0. The zero-order chi connectivity index (χ0) is 19.2. The number of fused-ring (bicyclic) bond motifs is 3. The first-order valence-electron chi connectivity index (χ1n) is 8.54. The summed E-state index contributed by atoms with van der Waals surface area (Å²) in [4.78, 5) is 13.1. The van der Waals surface area contributed by atoms with Crippen molar-refractivity contribution in [2.75, 3.05) is 0 Å². The highest BCUT2D eigenvalue weighted by molar-refractivity contribution is 5.81. The summed E-state index contributed by atoms with van der Waals surface area (Å²) in [5.74, 6) is -1.80. The Morgan fingerprint density at radius 2 is 1.78 bits per heavy atom. The highest BCUT2D eigenvalue weighted by atomic mass is 19.1. The average Bonchev–Trinajstić information content (AvgIpc) is 3.00. The van der Waals surface area contributed by atoms with Crippen LogP contribution in [0.2, 0.25) is 0 Å². The summed E-state index contributed by atoms with van der Waals surface area (Å²) in [5, 5.41) is 20.3. The summed E-state index contributed by atoms with van der Waals surface area (Å²) in [6.07, 6.45) is 3.68. The topological polar surface area (TPSA) is 95.1 Å². The molecule has 2 aliphatic heterocycles. The number of nitrogens with one attached hydrogen (secondary N) is 1. The van der Waals surface area contributed by atoms with Gasteiger partial charge in [0.15, 0.2) is 12.1 Å². The van der Waals surface area contributed by atoms with Crippen molar-refractivity contribution in [3.63, 3.8) is 0 Å². The van der Waals surface area contributed by atoms with Gasteiger partial charge in [-0.1, -0.05) is 36.4 Å². The van der Waals surface area contributed by atoms with E-state index >= 15 is 0 Å². The summed E-state index contributed by atoms with van der Waals surface area (Å²) in [7, 11) is 0. The number of benzene rings is 2. The van der Waals surface area contributed by atoms with Crippen molar-refractivity contribution in [2.24, 2.45) is 11.1 Å². The third-order valence-corrected chi connectivity index (χ3v) is 5.64. The molecule has 1 unspecified atom stereocenters. The summed E-state index contributed by atoms with van der Waals surface area (Å²) in [6, 6.07) is 16.1. The first-order valence-corrected chi connectivity index (χ1v) is 8.54. The van der Waals surface area contributed by atoms with E-state index < -0.39 is 35.1 Å². The van der Waals surface area contributed by atoms with E-state index in [1.165, 1.54) is 24.3 Å². The van der Waals surface area contributed by atoms with Gasteiger partial charge in [0.05, 0.1) is 24.3 Å². The lowest BCUT2D eigenvalue weighted by Gasteiger charge is -2.29. The Morgan fingerprint density at radius 3 is 2.41 bits per heavy atom. The van der Waals surface area contributed by atoms with Crippen molar-refractivity contribution < 1.29 is 14.1 Å². The maximum atomic E-state index is 13.4. The van der Waals surface area contributed by atoms with Crippen molar-refractivity contribution in [3.05, 3.63) is 77.2 Å². The first kappa shape index (κ1) is 17.0. The van der Waals surface area contributed by atoms with Crippen LogP contribution in [0.25, 0.3) is 6.08 Å². The van der Waals surface area contributed by atoms with Gasteiger partial charge in [-0.25, -0.2) is 4.39 Å². The number of primary amides is 1. The van der Waals surface area contributed by atoms with E-state index in [4.69, 9.17) is 5.73 Å². The number of nitrogens with two attached hydrogens (primary N) is 1. The van der Waals surface area contributed by atoms with Gasteiger partial charge < -0.3 is 5.73 Å². The van der Waals surface area contributed by atoms with Crippen LogP contribution < -0.4 is 10.6 Å². The molecule has 0 radical (unpaired) electrons. The fraction of sp³-hybridized carbons (Fsp3) is 0.190. The van der Waals surface area contributed by atoms with Crippen LogP contribution in [0.3, 0.4) is 0 Å². The van der Waals surface area contributed by atoms with Crippen molar-refractivity contribution in [2.45, 2.75) is 18.0 Å². The maximum Gasteiger partial charge on any atom is 0.276 e. The molecule has 2 heterocycles. The quantitative estimate of drug-likeness (QED) is 0.849. The van der Waals surface area contributed by atoms with E-state index in [0.29, 0.717) is 10.5 Å². The predicted octanol–water partition coefficient (Wildman–Crippen LogP) is 1.42. The Morgan fingerprint density at radius 1 is 1.11 bits per heavy atom. The van der Waals surface area contributed by atoms with E-state index in [0.717, 1.165) is 11.1 Å². The third kappa shape index (κ3) is 2.28. The van der Waals surface area contributed by atoms with E-state index in [-0.39, 0.29) is 0 Å². The fourth-order valence-corrected chi connectivity index (χ4v) is 4.56. The molecule has 132 valence electrons. The molecule has 2 aliphatic rings. The monoisotopic (exact) mass is 359 g/mol. The van der Waals surface area contributed by atoms with Gasteiger partial charge in [0.25, 0.3) is 5.91 Å². The number of carbonyl (C=O) groups excluding carboxylic acids is 1. The average molecular weight is 359 g/mol. The zero-order valence-corrected chi connectivity index (χ0v) is 14.3. The summed E-state index contributed by atoms with van der Waals surface area (Å²) < 4.78 is 13.4. The second kappa shape index (κ2) is 6.05. The van der Waals surface area contributed by atoms with Gasteiger partial charge in [0, 0.05) is 5.56 Å². The van der Waals surface area contributed by atoms with Gasteiger partial charge in [0.1, 0.15) is 5.82 Å². The minimum Gasteiger partial charge on any atom is -0.364 e. The number of quaternary nitrogens is 1. The van der Waals surface area contributed by atoms with Gasteiger partial charge in [0.2, 0.25) is 5.41 Å². The van der Waals surface area contributed by atoms with Crippen LogP contribution in [-0.2, 0) is 4.79 Å². The van der Waals surface area contributed by atoms with Crippen molar-refractivity contribution in [1.82, 2.24) is 0 Å². The van der Waals surface area contributed by atoms with E-state index in [1.54, 1.807) is 6.20 Å². The SMILES string of the molecule is N#CC1(C#N)[C@@H](c2ccc(F)cc2)[C@@H](C(N)=O)[NH+]2C=Cc3ccccc3[C@@H]21. The number of hydrogen-bond acceptors (Lipinski definition) is 3. The Labute approximate surface area is 155 Å². The maximum absolute atomic E-state index is 13.4. The molecule has 4 rings (SSSR count). The molecule has 5 nitrogen and oxygen atoms in total. The normalized spacial score (nSPS) is 27.1. The summed E-state index contributed by atoms with van der Waals surface area (Å²) in [5.41, 5.74) is 6.49. The standard InChI is InChI=1S/C21H15FN4O/c22-15-7-5-14(6-8-15)17-18(20(25)27)26-10-9-13-3-1-2-4-16(13)19(26)21(17,11-23)12-24/h1-10,17-19H,(H2,25,27)/p+1/t17-,18-,19+/m0/s1. The molecule has 6 heteroatoms. The summed E-state index contributed by atoms with van der Waals surface area (Å²) in [6.45, 7) is 0. The molecular weight excluding hydrogens is 343 g/mol. The van der Waals surface area contributed by atoms with Crippen LogP contribution in [0.1, 0.15) is 28.7 Å². The van der Waals surface area contributed by atoms with Gasteiger partial charge >= 0.3 is 0 Å². The molecule has 1 amide bonds. The number of nitriles is 2. The smallest absolute Gasteiger partial charge is 0.276 e. The van der Waals surface area contributed by atoms with Gasteiger partial charge in [-0.2, -0.15) is 10.5 Å². The van der Waals surface area contributed by atoms with Crippen LogP contribution in [-0.4, -0.2) is 11.9 Å². The van der Waals surface area contributed by atoms with E-state index in [2.05, 4.69) is 12.1 Å². The lowest BCUT2D eigenvalue weighted by atomic mass is 9.68. The number of nitrogens with zero attached hydrogens (tertiary/aromatic N) is 2. The number of halogens is 1. The van der Waals surface area contributed by atoms with Gasteiger partial charge in [-0.3, -0.25) is 9.69 Å². The highest BCUT2D eigenvalue weighted by Gasteiger charge is 2.67. The largest absolute Gasteiger partial charge is 0.364 e. The lowest BCUT2D eigenvalue weighted by Crippen LogP contribution is -3.12. The minimum atomic E-state index is -1.52. The van der Waals surface area contributed by atoms with E-state index in [1.807, 2.05) is 30.3 Å². The first-order chi connectivity index (χ1) is 13.0. The molecule has 0 aliphatic carbocycles. The van der Waals surface area contributed by atoms with Crippen LogP contribution in [0, 0.1) is 33.9 Å². The number of rotatable bonds is 2. The molecule has 3 N–H and O–H groups in total. The van der Waals surface area contributed by atoms with Gasteiger partial charge in [-0.05, 0) is 29.3 Å². The number of carbonyl (C=O) groups is 1. The predicted molar refractivity (Wildman–Crippen MR) is 95.0 cm³/mol. The fourth-order valence-electron chi connectivity index (χ4n) is 4.56. The molecule has 1 fully saturated rings. The molecule has 27 heavy (non-hydrogen) atoms. The number of hydrogen-bond donors (Lipinski definition) is 2. The van der Waals surface area contributed by atoms with Crippen LogP contribution in [0.15, 0.2) is 54.7 Å². The third-order valence-electron chi connectivity index (χ3n) is 5.64. The van der Waals surface area contributed by atoms with Gasteiger partial charge in [-0.15, -0.1) is 0 Å². The second-order valence-electron chi connectivity index (χ2n) is 6.90. The Balaban J connectivity index is 2.00. The molecule has 2 aromatic carbocycles. The second-order valence-corrected chi connectivity index (χ2v) is 6.90. The van der Waals surface area contributed by atoms with Crippen molar-refractivity contribution in [1.29, 1.82) is 10.5 Å². The Kier molecular flexibility index (Phi) is 3.80. The van der Waals surface area contributed by atoms with Crippen molar-refractivity contribution in [3.8, 4) is 12.1 Å². The molecule has 0 aromatic heterocycles. The van der Waals surface area contributed by atoms with Crippen LogP contribution >= 0.6 is 0 Å². The molecule has 0 saturated carbocycles. The molecular formula is C21H16FN4O+. The van der Waals surface area contributed by atoms with Crippen molar-refractivity contribution >= 4 is 12.0 Å². The van der Waals surface area contributed by atoms with E-state index in [9.17, 15) is 19.7 Å². The molecule has 4 atom stereocenters. The Hall–Kier alpha value is -3.48. The lowest BCUT2D eigenvalue weighted by molar-refractivity contribution is -0.885. The molecule has 1 saturated heterocycles. The minimum absolute atomic E-state index is 0.429.